The summed E-state index contributed by atoms with van der Waals surface area (Å²) in [6.07, 6.45) is 4.02. The number of aryl methyl sites for hydroxylation is 1. The molecule has 0 aromatic carbocycles. The Kier molecular flexibility index (Phi) is 4.72. The number of hydrogen-bond donors (Lipinski definition) is 2. The van der Waals surface area contributed by atoms with Gasteiger partial charge in [0.05, 0.1) is 11.3 Å². The molecule has 1 fully saturated rings. The van der Waals surface area contributed by atoms with Gasteiger partial charge in [-0.1, -0.05) is 0 Å². The largest absolute Gasteiger partial charge is 0.354 e. The van der Waals surface area contributed by atoms with Crippen LogP contribution in [0.25, 0.3) is 0 Å². The van der Waals surface area contributed by atoms with E-state index in [1.54, 1.807) is 11.8 Å². The Morgan fingerprint density at radius 3 is 2.86 bits per heavy atom. The van der Waals surface area contributed by atoms with E-state index in [1.807, 2.05) is 14.1 Å². The topological polar surface area (TPSA) is 87.2 Å². The third-order valence-corrected chi connectivity index (χ3v) is 3.45. The van der Waals surface area contributed by atoms with Gasteiger partial charge in [0.25, 0.3) is 5.91 Å². The predicted octanol–water partition coefficient (Wildman–Crippen LogP) is 0.250. The van der Waals surface area contributed by atoms with Crippen LogP contribution in [0, 0.1) is 6.92 Å². The molecule has 2 heterocycles. The number of carbonyl (C=O) groups is 2. The maximum absolute atomic E-state index is 12.3. The van der Waals surface area contributed by atoms with Gasteiger partial charge in [0.1, 0.15) is 6.04 Å². The Hall–Kier alpha value is -2.18. The fourth-order valence-electron chi connectivity index (χ4n) is 2.21. The van der Waals surface area contributed by atoms with Crippen molar-refractivity contribution in [2.24, 2.45) is 0 Å². The summed E-state index contributed by atoms with van der Waals surface area (Å²) < 4.78 is 0. The Bertz CT molecular complexity index is 544. The SMILES string of the molecule is Cc1nc(N(C)C)ncc1C(=O)N[C@H]1CCCCNC1=O. The van der Waals surface area contributed by atoms with Crippen LogP contribution in [0.5, 0.6) is 0 Å². The lowest BCUT2D eigenvalue weighted by Crippen LogP contribution is -2.45. The van der Waals surface area contributed by atoms with Gasteiger partial charge in [-0.25, -0.2) is 9.97 Å². The zero-order valence-electron chi connectivity index (χ0n) is 12.6. The van der Waals surface area contributed by atoms with Crippen molar-refractivity contribution in [1.29, 1.82) is 0 Å². The third kappa shape index (κ3) is 3.68. The van der Waals surface area contributed by atoms with E-state index in [-0.39, 0.29) is 11.8 Å². The number of hydrogen-bond acceptors (Lipinski definition) is 5. The van der Waals surface area contributed by atoms with Gasteiger partial charge >= 0.3 is 0 Å². The Labute approximate surface area is 124 Å². The minimum Gasteiger partial charge on any atom is -0.354 e. The Balaban J connectivity index is 2.11. The van der Waals surface area contributed by atoms with Crippen LogP contribution in [0.1, 0.15) is 35.3 Å². The second-order valence-corrected chi connectivity index (χ2v) is 5.38. The summed E-state index contributed by atoms with van der Waals surface area (Å²) in [6, 6.07) is -0.479. The highest BCUT2D eigenvalue weighted by Crippen LogP contribution is 2.11. The molecule has 7 nitrogen and oxygen atoms in total. The average molecular weight is 291 g/mol. The molecule has 2 rings (SSSR count). The first-order valence-electron chi connectivity index (χ1n) is 7.08. The third-order valence-electron chi connectivity index (χ3n) is 3.45. The van der Waals surface area contributed by atoms with E-state index in [1.165, 1.54) is 6.20 Å². The molecule has 1 aliphatic rings. The number of rotatable bonds is 3. The normalized spacial score (nSPS) is 18.6. The summed E-state index contributed by atoms with van der Waals surface area (Å²) in [5.74, 6) is 0.125. The molecule has 0 bridgehead atoms. The van der Waals surface area contributed by atoms with Crippen molar-refractivity contribution < 1.29 is 9.59 Å². The zero-order valence-corrected chi connectivity index (χ0v) is 12.6. The first kappa shape index (κ1) is 15.2. The van der Waals surface area contributed by atoms with Gasteiger partial charge in [0, 0.05) is 26.8 Å². The summed E-state index contributed by atoms with van der Waals surface area (Å²) in [6.45, 7) is 2.43. The van der Waals surface area contributed by atoms with E-state index in [2.05, 4.69) is 20.6 Å². The molecule has 21 heavy (non-hydrogen) atoms. The molecule has 1 atom stereocenters. The highest BCUT2D eigenvalue weighted by molar-refractivity contribution is 5.98. The molecule has 0 spiro atoms. The van der Waals surface area contributed by atoms with E-state index < -0.39 is 6.04 Å². The minimum atomic E-state index is -0.479. The lowest BCUT2D eigenvalue weighted by molar-refractivity contribution is -0.122. The molecule has 2 N–H and O–H groups in total. The Morgan fingerprint density at radius 1 is 1.43 bits per heavy atom. The summed E-state index contributed by atoms with van der Waals surface area (Å²) in [7, 11) is 3.68. The maximum atomic E-state index is 12.3. The van der Waals surface area contributed by atoms with Crippen LogP contribution in [0.15, 0.2) is 6.20 Å². The van der Waals surface area contributed by atoms with Crippen LogP contribution in [0.3, 0.4) is 0 Å². The average Bonchev–Trinajstić information content (AvgIpc) is 2.63. The zero-order chi connectivity index (χ0) is 15.4. The molecule has 114 valence electrons. The standard InChI is InChI=1S/C14H21N5O2/c1-9-10(8-16-14(17-9)19(2)3)12(20)18-11-6-4-5-7-15-13(11)21/h8,11H,4-7H2,1-3H3,(H,15,21)(H,18,20)/t11-/m0/s1. The molecule has 1 aliphatic heterocycles. The number of nitrogens with zero attached hydrogens (tertiary/aromatic N) is 3. The van der Waals surface area contributed by atoms with Crippen LogP contribution >= 0.6 is 0 Å². The quantitative estimate of drug-likeness (QED) is 0.833. The fraction of sp³-hybridized carbons (Fsp3) is 0.571. The summed E-state index contributed by atoms with van der Waals surface area (Å²) >= 11 is 0. The monoisotopic (exact) mass is 291 g/mol. The molecule has 0 aliphatic carbocycles. The molecule has 1 aromatic heterocycles. The molecular formula is C14H21N5O2. The van der Waals surface area contributed by atoms with Crippen molar-refractivity contribution in [3.63, 3.8) is 0 Å². The number of anilines is 1. The van der Waals surface area contributed by atoms with E-state index in [4.69, 9.17) is 0 Å². The van der Waals surface area contributed by atoms with E-state index in [0.717, 1.165) is 12.8 Å². The van der Waals surface area contributed by atoms with Gasteiger partial charge in [-0.3, -0.25) is 9.59 Å². The molecule has 7 heteroatoms. The lowest BCUT2D eigenvalue weighted by Gasteiger charge is -2.16. The minimum absolute atomic E-state index is 0.121. The number of carbonyl (C=O) groups excluding carboxylic acids is 2. The molecule has 0 unspecified atom stereocenters. The van der Waals surface area contributed by atoms with Crippen molar-refractivity contribution in [3.05, 3.63) is 17.5 Å². The predicted molar refractivity (Wildman–Crippen MR) is 79.2 cm³/mol. The van der Waals surface area contributed by atoms with E-state index in [9.17, 15) is 9.59 Å². The summed E-state index contributed by atoms with van der Waals surface area (Å²) in [5, 5.41) is 5.57. The van der Waals surface area contributed by atoms with Crippen LogP contribution in [0.2, 0.25) is 0 Å². The highest BCUT2D eigenvalue weighted by atomic mass is 16.2. The first-order valence-corrected chi connectivity index (χ1v) is 7.08. The number of amides is 2. The van der Waals surface area contributed by atoms with Gasteiger partial charge < -0.3 is 15.5 Å². The maximum Gasteiger partial charge on any atom is 0.255 e. The van der Waals surface area contributed by atoms with Crippen molar-refractivity contribution in [2.45, 2.75) is 32.2 Å². The summed E-state index contributed by atoms with van der Waals surface area (Å²) in [4.78, 5) is 34.3. The van der Waals surface area contributed by atoms with Crippen LogP contribution < -0.4 is 15.5 Å². The molecular weight excluding hydrogens is 270 g/mol. The smallest absolute Gasteiger partial charge is 0.255 e. The van der Waals surface area contributed by atoms with Gasteiger partial charge in [0.2, 0.25) is 11.9 Å². The van der Waals surface area contributed by atoms with Crippen molar-refractivity contribution in [3.8, 4) is 0 Å². The molecule has 0 radical (unpaired) electrons. The lowest BCUT2D eigenvalue weighted by atomic mass is 10.1. The highest BCUT2D eigenvalue weighted by Gasteiger charge is 2.24. The van der Waals surface area contributed by atoms with Gasteiger partial charge in [-0.2, -0.15) is 0 Å². The second-order valence-electron chi connectivity index (χ2n) is 5.38. The molecule has 2 amide bonds. The van der Waals surface area contributed by atoms with Crippen molar-refractivity contribution in [1.82, 2.24) is 20.6 Å². The summed E-state index contributed by atoms with van der Waals surface area (Å²) in [5.41, 5.74) is 0.998. The number of nitrogens with one attached hydrogen (secondary N) is 2. The van der Waals surface area contributed by atoms with Crippen molar-refractivity contribution in [2.75, 3.05) is 25.5 Å². The molecule has 0 saturated carbocycles. The van der Waals surface area contributed by atoms with Gasteiger partial charge in [-0.15, -0.1) is 0 Å². The molecule has 1 aromatic rings. The Morgan fingerprint density at radius 2 is 2.19 bits per heavy atom. The second kappa shape index (κ2) is 6.51. The first-order chi connectivity index (χ1) is 9.99. The fourth-order valence-corrected chi connectivity index (χ4v) is 2.21. The number of aromatic nitrogens is 2. The van der Waals surface area contributed by atoms with Crippen LogP contribution in [-0.4, -0.2) is 48.5 Å². The molecule has 1 saturated heterocycles. The van der Waals surface area contributed by atoms with E-state index in [0.29, 0.717) is 30.2 Å². The van der Waals surface area contributed by atoms with Gasteiger partial charge in [-0.05, 0) is 26.2 Å². The van der Waals surface area contributed by atoms with Crippen molar-refractivity contribution >= 4 is 17.8 Å². The van der Waals surface area contributed by atoms with Gasteiger partial charge in [0.15, 0.2) is 0 Å². The van der Waals surface area contributed by atoms with Crippen LogP contribution in [0.4, 0.5) is 5.95 Å². The van der Waals surface area contributed by atoms with Crippen LogP contribution in [-0.2, 0) is 4.79 Å². The van der Waals surface area contributed by atoms with E-state index >= 15 is 0 Å².